The lowest BCUT2D eigenvalue weighted by Gasteiger charge is -2.41. The predicted molar refractivity (Wildman–Crippen MR) is 62.9 cm³/mol. The Labute approximate surface area is 97.2 Å². The van der Waals surface area contributed by atoms with Gasteiger partial charge in [0.2, 0.25) is 7.44 Å². The predicted octanol–water partition coefficient (Wildman–Crippen LogP) is 0.864. The topological polar surface area (TPSA) is 42.0 Å². The second-order valence-corrected chi connectivity index (χ2v) is 7.21. The first-order valence-corrected chi connectivity index (χ1v) is 7.82. The zero-order valence-electron chi connectivity index (χ0n) is 9.93. The summed E-state index contributed by atoms with van der Waals surface area (Å²) in [4.78, 5) is 0. The van der Waals surface area contributed by atoms with Gasteiger partial charge in [0, 0.05) is 32.3 Å². The minimum Gasteiger partial charge on any atom is -0.379 e. The van der Waals surface area contributed by atoms with E-state index in [1.165, 1.54) is 0 Å². The number of rotatable bonds is 3. The average molecular weight is 248 g/mol. The Hall–Kier alpha value is 0.0700. The molecular formula is C10H21N2O3P. The lowest BCUT2D eigenvalue weighted by Crippen LogP contribution is -2.43. The molecule has 0 unspecified atom stereocenters. The molecule has 2 rings (SSSR count). The van der Waals surface area contributed by atoms with Gasteiger partial charge in [0.1, 0.15) is 0 Å². The fourth-order valence-electron chi connectivity index (χ4n) is 2.31. The van der Waals surface area contributed by atoms with Crippen LogP contribution in [0.15, 0.2) is 0 Å². The van der Waals surface area contributed by atoms with Gasteiger partial charge in [-0.2, -0.15) is 0 Å². The van der Waals surface area contributed by atoms with Crippen molar-refractivity contribution < 1.29 is 14.0 Å². The molecule has 6 heteroatoms. The maximum atomic E-state index is 13.0. The number of nitrogens with zero attached hydrogens (tertiary/aromatic N) is 2. The number of morpholine rings is 2. The van der Waals surface area contributed by atoms with Crippen molar-refractivity contribution in [2.75, 3.05) is 58.8 Å². The molecule has 0 aliphatic carbocycles. The largest absolute Gasteiger partial charge is 0.379 e. The van der Waals surface area contributed by atoms with Crippen LogP contribution in [0.1, 0.15) is 6.92 Å². The molecule has 0 N–H and O–H groups in total. The van der Waals surface area contributed by atoms with Gasteiger partial charge < -0.3 is 9.47 Å². The molecule has 5 nitrogen and oxygen atoms in total. The molecule has 2 heterocycles. The van der Waals surface area contributed by atoms with Gasteiger partial charge in [-0.1, -0.05) is 6.92 Å². The van der Waals surface area contributed by atoms with Crippen LogP contribution in [0.25, 0.3) is 0 Å². The normalized spacial score (nSPS) is 25.8. The molecule has 0 spiro atoms. The van der Waals surface area contributed by atoms with E-state index in [0.29, 0.717) is 32.6 Å². The van der Waals surface area contributed by atoms with E-state index < -0.39 is 7.44 Å². The van der Waals surface area contributed by atoms with Crippen molar-refractivity contribution in [2.45, 2.75) is 6.92 Å². The van der Waals surface area contributed by atoms with Crippen LogP contribution in [0, 0.1) is 0 Å². The summed E-state index contributed by atoms with van der Waals surface area (Å²) < 4.78 is 27.9. The van der Waals surface area contributed by atoms with Crippen molar-refractivity contribution in [3.05, 3.63) is 0 Å². The van der Waals surface area contributed by atoms with Gasteiger partial charge in [-0.15, -0.1) is 0 Å². The Morgan fingerprint density at radius 3 is 1.62 bits per heavy atom. The minimum absolute atomic E-state index is 0.703. The highest BCUT2D eigenvalue weighted by atomic mass is 31.2. The van der Waals surface area contributed by atoms with Crippen molar-refractivity contribution in [3.8, 4) is 0 Å². The number of ether oxygens (including phenoxy) is 2. The van der Waals surface area contributed by atoms with E-state index in [2.05, 4.69) is 9.34 Å². The quantitative estimate of drug-likeness (QED) is 0.693. The smallest absolute Gasteiger partial charge is 0.216 e. The van der Waals surface area contributed by atoms with Crippen LogP contribution in [-0.2, 0) is 14.0 Å². The van der Waals surface area contributed by atoms with E-state index in [1.807, 2.05) is 6.92 Å². The maximum absolute atomic E-state index is 13.0. The molecule has 2 saturated heterocycles. The minimum atomic E-state index is -2.34. The zero-order chi connectivity index (χ0) is 11.4. The highest BCUT2D eigenvalue weighted by Gasteiger charge is 2.36. The van der Waals surface area contributed by atoms with Crippen molar-refractivity contribution in [2.24, 2.45) is 0 Å². The van der Waals surface area contributed by atoms with Crippen LogP contribution in [-0.4, -0.2) is 68.1 Å². The Morgan fingerprint density at radius 2 is 1.31 bits per heavy atom. The monoisotopic (exact) mass is 248 g/mol. The first kappa shape index (κ1) is 12.5. The van der Waals surface area contributed by atoms with Crippen LogP contribution in [0.4, 0.5) is 0 Å². The van der Waals surface area contributed by atoms with Crippen LogP contribution in [0.3, 0.4) is 0 Å². The Bertz CT molecular complexity index is 241. The summed E-state index contributed by atoms with van der Waals surface area (Å²) in [5, 5.41) is 0. The van der Waals surface area contributed by atoms with Crippen molar-refractivity contribution >= 4 is 7.44 Å². The van der Waals surface area contributed by atoms with Gasteiger partial charge in [-0.05, 0) is 0 Å². The third-order valence-corrected chi connectivity index (χ3v) is 6.66. The highest BCUT2D eigenvalue weighted by molar-refractivity contribution is 7.59. The van der Waals surface area contributed by atoms with Gasteiger partial charge >= 0.3 is 0 Å². The molecular weight excluding hydrogens is 227 g/mol. The summed E-state index contributed by atoms with van der Waals surface area (Å²) in [6, 6.07) is 0. The summed E-state index contributed by atoms with van der Waals surface area (Å²) in [7, 11) is -2.34. The van der Waals surface area contributed by atoms with E-state index in [-0.39, 0.29) is 0 Å². The summed E-state index contributed by atoms with van der Waals surface area (Å²) in [5.74, 6) is 0. The van der Waals surface area contributed by atoms with Gasteiger partial charge in [0.05, 0.1) is 26.4 Å². The molecule has 0 saturated carbocycles. The molecule has 16 heavy (non-hydrogen) atoms. The molecule has 0 amide bonds. The van der Waals surface area contributed by atoms with Gasteiger partial charge in [0.15, 0.2) is 0 Å². The standard InChI is InChI=1S/C10H21N2O3P/c1-2-16(13,11-3-7-14-8-4-11)12-5-9-15-10-6-12/h2-10H2,1H3. The van der Waals surface area contributed by atoms with Crippen molar-refractivity contribution in [3.63, 3.8) is 0 Å². The zero-order valence-corrected chi connectivity index (χ0v) is 10.8. The molecule has 0 aromatic rings. The number of hydrogen-bond donors (Lipinski definition) is 0. The molecule has 0 bridgehead atoms. The third-order valence-electron chi connectivity index (χ3n) is 3.27. The summed E-state index contributed by atoms with van der Waals surface area (Å²) >= 11 is 0. The summed E-state index contributed by atoms with van der Waals surface area (Å²) in [6.07, 6.45) is 0.715. The molecule has 0 radical (unpaired) electrons. The maximum Gasteiger partial charge on any atom is 0.216 e. The van der Waals surface area contributed by atoms with E-state index in [4.69, 9.17) is 9.47 Å². The SMILES string of the molecule is CCP(=O)(N1CCOCC1)N1CCOCC1. The van der Waals surface area contributed by atoms with E-state index >= 15 is 0 Å². The average Bonchev–Trinajstić information content (AvgIpc) is 2.40. The lowest BCUT2D eigenvalue weighted by atomic mass is 10.5. The van der Waals surface area contributed by atoms with Crippen LogP contribution in [0.2, 0.25) is 0 Å². The Kier molecular flexibility index (Phi) is 4.39. The van der Waals surface area contributed by atoms with Crippen molar-refractivity contribution in [1.82, 2.24) is 9.34 Å². The molecule has 0 atom stereocenters. The van der Waals surface area contributed by atoms with Gasteiger partial charge in [-0.3, -0.25) is 4.57 Å². The van der Waals surface area contributed by atoms with Crippen LogP contribution >= 0.6 is 7.44 Å². The molecule has 94 valence electrons. The second kappa shape index (κ2) is 5.61. The van der Waals surface area contributed by atoms with Crippen LogP contribution < -0.4 is 0 Å². The lowest BCUT2D eigenvalue weighted by molar-refractivity contribution is 0.0525. The second-order valence-electron chi connectivity index (χ2n) is 4.11. The van der Waals surface area contributed by atoms with Crippen LogP contribution in [0.5, 0.6) is 0 Å². The fraction of sp³-hybridized carbons (Fsp3) is 1.00. The first-order chi connectivity index (χ1) is 7.77. The molecule has 0 aromatic heterocycles. The van der Waals surface area contributed by atoms with E-state index in [0.717, 1.165) is 26.2 Å². The van der Waals surface area contributed by atoms with E-state index in [1.54, 1.807) is 0 Å². The summed E-state index contributed by atoms with van der Waals surface area (Å²) in [5.41, 5.74) is 0. The van der Waals surface area contributed by atoms with Gasteiger partial charge in [0.25, 0.3) is 0 Å². The number of hydrogen-bond acceptors (Lipinski definition) is 3. The fourth-order valence-corrected chi connectivity index (χ4v) is 5.05. The molecule has 2 aliphatic heterocycles. The van der Waals surface area contributed by atoms with Gasteiger partial charge in [-0.25, -0.2) is 9.34 Å². The first-order valence-electron chi connectivity index (χ1n) is 6.03. The molecule has 0 aromatic carbocycles. The van der Waals surface area contributed by atoms with Crippen molar-refractivity contribution in [1.29, 1.82) is 0 Å². The summed E-state index contributed by atoms with van der Waals surface area (Å²) in [6.45, 7) is 8.01. The Balaban J connectivity index is 2.06. The molecule has 2 fully saturated rings. The Morgan fingerprint density at radius 1 is 0.938 bits per heavy atom. The van der Waals surface area contributed by atoms with E-state index in [9.17, 15) is 4.57 Å². The highest BCUT2D eigenvalue weighted by Crippen LogP contribution is 2.53. The third kappa shape index (κ3) is 2.49. The molecule has 2 aliphatic rings.